The average molecular weight is 271 g/mol. The van der Waals surface area contributed by atoms with Crippen molar-refractivity contribution in [2.24, 2.45) is 0 Å². The first-order valence-electron chi connectivity index (χ1n) is 7.02. The second-order valence-electron chi connectivity index (χ2n) is 5.16. The maximum Gasteiger partial charge on any atom is 0.136 e. The summed E-state index contributed by atoms with van der Waals surface area (Å²) in [4.78, 5) is 0. The van der Waals surface area contributed by atoms with Gasteiger partial charge in [0.25, 0.3) is 0 Å². The van der Waals surface area contributed by atoms with Crippen molar-refractivity contribution in [3.05, 3.63) is 66.0 Å². The highest BCUT2D eigenvalue weighted by molar-refractivity contribution is 5.25. The highest BCUT2D eigenvalue weighted by atomic mass is 19.1. The summed E-state index contributed by atoms with van der Waals surface area (Å²) in [5.74, 6) is 0.293. The van der Waals surface area contributed by atoms with E-state index in [2.05, 4.69) is 5.32 Å². The summed E-state index contributed by atoms with van der Waals surface area (Å²) in [6, 6.07) is 17.0. The minimum Gasteiger partial charge on any atom is -0.484 e. The molecule has 3 rings (SSSR count). The number of hydrogen-bond donors (Lipinski definition) is 1. The van der Waals surface area contributed by atoms with Crippen LogP contribution in [0.3, 0.4) is 0 Å². The third-order valence-electron chi connectivity index (χ3n) is 3.42. The molecule has 1 unspecified atom stereocenters. The van der Waals surface area contributed by atoms with Gasteiger partial charge in [0.1, 0.15) is 17.7 Å². The maximum absolute atomic E-state index is 13.2. The molecule has 2 nitrogen and oxygen atoms in total. The maximum atomic E-state index is 13.2. The summed E-state index contributed by atoms with van der Waals surface area (Å²) in [6.07, 6.45) is 2.38. The van der Waals surface area contributed by atoms with E-state index in [1.54, 1.807) is 12.1 Å². The molecule has 1 fully saturated rings. The van der Waals surface area contributed by atoms with Crippen molar-refractivity contribution in [1.82, 2.24) is 5.32 Å². The van der Waals surface area contributed by atoms with Gasteiger partial charge in [-0.2, -0.15) is 0 Å². The molecule has 2 aromatic rings. The minimum atomic E-state index is -0.274. The monoisotopic (exact) mass is 271 g/mol. The van der Waals surface area contributed by atoms with Gasteiger partial charge in [-0.1, -0.05) is 36.4 Å². The van der Waals surface area contributed by atoms with E-state index in [1.165, 1.54) is 25.0 Å². The van der Waals surface area contributed by atoms with E-state index in [-0.39, 0.29) is 11.9 Å². The summed E-state index contributed by atoms with van der Waals surface area (Å²) in [5.41, 5.74) is 1.10. The van der Waals surface area contributed by atoms with Crippen molar-refractivity contribution in [3.63, 3.8) is 0 Å². The van der Waals surface area contributed by atoms with Crippen LogP contribution in [0.5, 0.6) is 5.75 Å². The Kier molecular flexibility index (Phi) is 3.97. The Hall–Kier alpha value is -1.87. The Balaban J connectivity index is 1.73. The molecule has 3 heteroatoms. The van der Waals surface area contributed by atoms with Crippen LogP contribution in [0.2, 0.25) is 0 Å². The highest BCUT2D eigenvalue weighted by Crippen LogP contribution is 2.24. The van der Waals surface area contributed by atoms with E-state index in [4.69, 9.17) is 4.74 Å². The molecular formula is C17H18FNO. The van der Waals surface area contributed by atoms with E-state index in [1.807, 2.05) is 30.3 Å². The molecule has 0 aromatic heterocycles. The Labute approximate surface area is 118 Å². The van der Waals surface area contributed by atoms with Gasteiger partial charge in [-0.05, 0) is 30.5 Å². The number of nitrogens with one attached hydrogen (secondary N) is 1. The van der Waals surface area contributed by atoms with Crippen LogP contribution in [-0.2, 0) is 0 Å². The first kappa shape index (κ1) is 13.1. The molecular weight excluding hydrogens is 253 g/mol. The normalized spacial score (nSPS) is 15.8. The van der Waals surface area contributed by atoms with Crippen molar-refractivity contribution in [2.45, 2.75) is 25.0 Å². The standard InChI is InChI=1S/C17H18FNO/c18-14-7-4-8-16(11-14)20-17(12-19-15-9-10-15)13-5-2-1-3-6-13/h1-8,11,15,17,19H,9-10,12H2. The zero-order valence-electron chi connectivity index (χ0n) is 11.3. The third-order valence-corrected chi connectivity index (χ3v) is 3.42. The zero-order valence-corrected chi connectivity index (χ0v) is 11.3. The summed E-state index contributed by atoms with van der Waals surface area (Å²) >= 11 is 0. The van der Waals surface area contributed by atoms with Gasteiger partial charge in [0, 0.05) is 18.7 Å². The number of halogens is 1. The predicted molar refractivity (Wildman–Crippen MR) is 77.2 cm³/mol. The largest absolute Gasteiger partial charge is 0.484 e. The minimum absolute atomic E-state index is 0.0985. The van der Waals surface area contributed by atoms with Crippen molar-refractivity contribution < 1.29 is 9.13 Å². The Morgan fingerprint density at radius 3 is 2.60 bits per heavy atom. The average Bonchev–Trinajstić information content (AvgIpc) is 3.29. The Bertz CT molecular complexity index is 554. The number of hydrogen-bond acceptors (Lipinski definition) is 2. The second-order valence-corrected chi connectivity index (χ2v) is 5.16. The molecule has 0 saturated heterocycles. The molecule has 0 amide bonds. The molecule has 1 N–H and O–H groups in total. The van der Waals surface area contributed by atoms with Crippen LogP contribution < -0.4 is 10.1 Å². The smallest absolute Gasteiger partial charge is 0.136 e. The molecule has 0 spiro atoms. The van der Waals surface area contributed by atoms with Crippen molar-refractivity contribution in [2.75, 3.05) is 6.54 Å². The quantitative estimate of drug-likeness (QED) is 0.865. The predicted octanol–water partition coefficient (Wildman–Crippen LogP) is 3.70. The van der Waals surface area contributed by atoms with Gasteiger partial charge in [0.2, 0.25) is 0 Å². The summed E-state index contributed by atoms with van der Waals surface area (Å²) in [5, 5.41) is 3.47. The fraction of sp³-hybridized carbons (Fsp3) is 0.294. The lowest BCUT2D eigenvalue weighted by Crippen LogP contribution is -2.26. The molecule has 0 heterocycles. The lowest BCUT2D eigenvalue weighted by molar-refractivity contribution is 0.200. The summed E-state index contributed by atoms with van der Waals surface area (Å²) in [7, 11) is 0. The summed E-state index contributed by atoms with van der Waals surface area (Å²) < 4.78 is 19.2. The Morgan fingerprint density at radius 1 is 1.10 bits per heavy atom. The third kappa shape index (κ3) is 3.58. The van der Waals surface area contributed by atoms with Crippen LogP contribution in [0.15, 0.2) is 54.6 Å². The first-order valence-corrected chi connectivity index (χ1v) is 7.02. The van der Waals surface area contributed by atoms with Crippen LogP contribution in [0.1, 0.15) is 24.5 Å². The lowest BCUT2D eigenvalue weighted by atomic mass is 10.1. The second kappa shape index (κ2) is 6.06. The number of rotatable bonds is 6. The SMILES string of the molecule is Fc1cccc(OC(CNC2CC2)c2ccccc2)c1. The lowest BCUT2D eigenvalue weighted by Gasteiger charge is -2.20. The van der Waals surface area contributed by atoms with Crippen LogP contribution in [-0.4, -0.2) is 12.6 Å². The topological polar surface area (TPSA) is 21.3 Å². The molecule has 0 aliphatic heterocycles. The van der Waals surface area contributed by atoms with Crippen LogP contribution in [0.25, 0.3) is 0 Å². The molecule has 104 valence electrons. The highest BCUT2D eigenvalue weighted by Gasteiger charge is 2.23. The number of ether oxygens (including phenoxy) is 1. The van der Waals surface area contributed by atoms with Crippen LogP contribution in [0.4, 0.5) is 4.39 Å². The molecule has 1 saturated carbocycles. The molecule has 1 aliphatic carbocycles. The number of benzene rings is 2. The fourth-order valence-electron chi connectivity index (χ4n) is 2.16. The molecule has 2 aromatic carbocycles. The van der Waals surface area contributed by atoms with Gasteiger partial charge in [0.15, 0.2) is 0 Å². The molecule has 20 heavy (non-hydrogen) atoms. The van der Waals surface area contributed by atoms with Crippen molar-refractivity contribution in [1.29, 1.82) is 0 Å². The van der Waals surface area contributed by atoms with Gasteiger partial charge in [0.05, 0.1) is 0 Å². The van der Waals surface area contributed by atoms with Crippen LogP contribution in [0, 0.1) is 5.82 Å². The van der Waals surface area contributed by atoms with Crippen molar-refractivity contribution in [3.8, 4) is 5.75 Å². The van der Waals surface area contributed by atoms with Gasteiger partial charge in [-0.3, -0.25) is 0 Å². The molecule has 0 bridgehead atoms. The van der Waals surface area contributed by atoms with Gasteiger partial charge >= 0.3 is 0 Å². The fourth-order valence-corrected chi connectivity index (χ4v) is 2.16. The van der Waals surface area contributed by atoms with E-state index in [0.717, 1.165) is 12.1 Å². The van der Waals surface area contributed by atoms with E-state index < -0.39 is 0 Å². The molecule has 1 atom stereocenters. The first-order chi connectivity index (χ1) is 9.81. The van der Waals surface area contributed by atoms with E-state index in [0.29, 0.717) is 11.8 Å². The summed E-state index contributed by atoms with van der Waals surface area (Å²) in [6.45, 7) is 0.741. The van der Waals surface area contributed by atoms with Gasteiger partial charge < -0.3 is 10.1 Å². The van der Waals surface area contributed by atoms with Gasteiger partial charge in [-0.25, -0.2) is 4.39 Å². The Morgan fingerprint density at radius 2 is 1.90 bits per heavy atom. The van der Waals surface area contributed by atoms with Crippen LogP contribution >= 0.6 is 0 Å². The van der Waals surface area contributed by atoms with Crippen molar-refractivity contribution >= 4 is 0 Å². The zero-order chi connectivity index (χ0) is 13.8. The molecule has 1 aliphatic rings. The molecule has 0 radical (unpaired) electrons. The van der Waals surface area contributed by atoms with E-state index >= 15 is 0 Å². The van der Waals surface area contributed by atoms with E-state index in [9.17, 15) is 4.39 Å². The van der Waals surface area contributed by atoms with Gasteiger partial charge in [-0.15, -0.1) is 0 Å².